The molecule has 0 aliphatic carbocycles. The van der Waals surface area contributed by atoms with Crippen LogP contribution in [0.3, 0.4) is 0 Å². The fraction of sp³-hybridized carbons (Fsp3) is 0.529. The van der Waals surface area contributed by atoms with Gasteiger partial charge in [0.15, 0.2) is 0 Å². The minimum Gasteiger partial charge on any atom is -0.322 e. The second-order valence-electron chi connectivity index (χ2n) is 5.96. The van der Waals surface area contributed by atoms with E-state index in [0.717, 1.165) is 18.4 Å². The molecule has 4 heteroatoms. The Morgan fingerprint density at radius 2 is 1.62 bits per heavy atom. The Hall–Kier alpha value is -1.68. The Morgan fingerprint density at radius 3 is 2.10 bits per heavy atom. The quantitative estimate of drug-likeness (QED) is 0.845. The molecule has 4 nitrogen and oxygen atoms in total. The molecule has 21 heavy (non-hydrogen) atoms. The van der Waals surface area contributed by atoms with Crippen molar-refractivity contribution in [2.24, 2.45) is 17.6 Å². The summed E-state index contributed by atoms with van der Waals surface area (Å²) in [6, 6.07) is 7.79. The second kappa shape index (κ2) is 6.39. The van der Waals surface area contributed by atoms with Gasteiger partial charge in [0.1, 0.15) is 0 Å². The van der Waals surface area contributed by atoms with Crippen molar-refractivity contribution in [1.29, 1.82) is 0 Å². The summed E-state index contributed by atoms with van der Waals surface area (Å²) in [6.07, 6.45) is 2.16. The van der Waals surface area contributed by atoms with Crippen molar-refractivity contribution >= 4 is 11.8 Å². The average Bonchev–Trinajstić information content (AvgIpc) is 2.66. The second-order valence-corrected chi connectivity index (χ2v) is 5.96. The normalized spacial score (nSPS) is 23.7. The van der Waals surface area contributed by atoms with Crippen molar-refractivity contribution in [1.82, 2.24) is 4.90 Å². The SMILES string of the molecule is CCCc1ccc(C(N)CN2C(=O)C(C)C(C)C2=O)cc1. The number of amides is 2. The van der Waals surface area contributed by atoms with Crippen LogP contribution in [0.4, 0.5) is 0 Å². The molecule has 114 valence electrons. The Morgan fingerprint density at radius 1 is 1.10 bits per heavy atom. The van der Waals surface area contributed by atoms with E-state index in [4.69, 9.17) is 5.73 Å². The first-order chi connectivity index (χ1) is 9.95. The van der Waals surface area contributed by atoms with Gasteiger partial charge in [-0.1, -0.05) is 51.5 Å². The summed E-state index contributed by atoms with van der Waals surface area (Å²) in [6.45, 7) is 6.01. The van der Waals surface area contributed by atoms with Crippen LogP contribution in [0.15, 0.2) is 24.3 Å². The molecule has 0 saturated carbocycles. The lowest BCUT2D eigenvalue weighted by Gasteiger charge is -2.20. The van der Waals surface area contributed by atoms with E-state index in [9.17, 15) is 9.59 Å². The first-order valence-corrected chi connectivity index (χ1v) is 7.65. The molecule has 1 aliphatic heterocycles. The van der Waals surface area contributed by atoms with Crippen LogP contribution in [0.25, 0.3) is 0 Å². The Kier molecular flexibility index (Phi) is 4.78. The molecule has 0 aromatic heterocycles. The lowest BCUT2D eigenvalue weighted by Crippen LogP contribution is -2.37. The third-order valence-electron chi connectivity index (χ3n) is 4.39. The highest BCUT2D eigenvalue weighted by Crippen LogP contribution is 2.27. The van der Waals surface area contributed by atoms with Crippen molar-refractivity contribution in [2.45, 2.75) is 39.7 Å². The van der Waals surface area contributed by atoms with Gasteiger partial charge in [-0.25, -0.2) is 0 Å². The summed E-state index contributed by atoms with van der Waals surface area (Å²) >= 11 is 0. The van der Waals surface area contributed by atoms with Crippen LogP contribution in [-0.2, 0) is 16.0 Å². The maximum absolute atomic E-state index is 12.1. The predicted molar refractivity (Wildman–Crippen MR) is 82.4 cm³/mol. The topological polar surface area (TPSA) is 63.4 Å². The Balaban J connectivity index is 2.06. The van der Waals surface area contributed by atoms with Gasteiger partial charge in [0.25, 0.3) is 0 Å². The smallest absolute Gasteiger partial charge is 0.232 e. The van der Waals surface area contributed by atoms with E-state index in [1.54, 1.807) is 13.8 Å². The molecule has 0 radical (unpaired) electrons. The van der Waals surface area contributed by atoms with Crippen LogP contribution < -0.4 is 5.73 Å². The molecule has 1 aliphatic rings. The number of nitrogens with zero attached hydrogens (tertiary/aromatic N) is 1. The zero-order valence-electron chi connectivity index (χ0n) is 13.0. The molecule has 1 aromatic rings. The fourth-order valence-electron chi connectivity index (χ4n) is 2.73. The van der Waals surface area contributed by atoms with Gasteiger partial charge in [-0.15, -0.1) is 0 Å². The number of nitrogens with two attached hydrogens (primary N) is 1. The molecule has 2 amide bonds. The molecule has 1 fully saturated rings. The molecular formula is C17H24N2O2. The number of likely N-dealkylation sites (tertiary alicyclic amines) is 1. The Labute approximate surface area is 126 Å². The van der Waals surface area contributed by atoms with Gasteiger partial charge in [0.05, 0.1) is 0 Å². The number of carbonyl (C=O) groups excluding carboxylic acids is 2. The average molecular weight is 288 g/mol. The molecular weight excluding hydrogens is 264 g/mol. The first-order valence-electron chi connectivity index (χ1n) is 7.65. The minimum atomic E-state index is -0.328. The number of hydrogen-bond donors (Lipinski definition) is 1. The molecule has 1 heterocycles. The molecule has 0 spiro atoms. The van der Waals surface area contributed by atoms with E-state index in [-0.39, 0.29) is 36.2 Å². The van der Waals surface area contributed by atoms with Crippen LogP contribution in [0.5, 0.6) is 0 Å². The van der Waals surface area contributed by atoms with E-state index in [2.05, 4.69) is 19.1 Å². The van der Waals surface area contributed by atoms with E-state index in [1.165, 1.54) is 10.5 Å². The van der Waals surface area contributed by atoms with E-state index in [0.29, 0.717) is 0 Å². The third kappa shape index (κ3) is 3.16. The standard InChI is InChI=1S/C17H24N2O2/c1-4-5-13-6-8-14(9-7-13)15(18)10-19-16(20)11(2)12(3)17(19)21/h6-9,11-12,15H,4-5,10,18H2,1-3H3. The minimum absolute atomic E-state index is 0.106. The predicted octanol–water partition coefficient (Wildman–Crippen LogP) is 2.28. The van der Waals surface area contributed by atoms with Crippen molar-refractivity contribution in [3.05, 3.63) is 35.4 Å². The number of aryl methyl sites for hydroxylation is 1. The first kappa shape index (κ1) is 15.7. The summed E-state index contributed by atoms with van der Waals surface area (Å²) in [5.74, 6) is -0.690. The molecule has 2 rings (SSSR count). The zero-order chi connectivity index (χ0) is 15.6. The lowest BCUT2D eigenvalue weighted by atomic mass is 10.00. The largest absolute Gasteiger partial charge is 0.322 e. The van der Waals surface area contributed by atoms with Crippen molar-refractivity contribution in [3.8, 4) is 0 Å². The van der Waals surface area contributed by atoms with Gasteiger partial charge in [0.2, 0.25) is 11.8 Å². The van der Waals surface area contributed by atoms with Gasteiger partial charge in [-0.3, -0.25) is 14.5 Å². The number of rotatable bonds is 5. The molecule has 1 aromatic carbocycles. The van der Waals surface area contributed by atoms with Crippen molar-refractivity contribution in [3.63, 3.8) is 0 Å². The molecule has 3 unspecified atom stereocenters. The highest BCUT2D eigenvalue weighted by molar-refractivity contribution is 6.04. The summed E-state index contributed by atoms with van der Waals surface area (Å²) in [7, 11) is 0. The van der Waals surface area contributed by atoms with Crippen molar-refractivity contribution < 1.29 is 9.59 Å². The third-order valence-corrected chi connectivity index (χ3v) is 4.39. The van der Waals surface area contributed by atoms with Gasteiger partial charge in [0, 0.05) is 24.4 Å². The monoisotopic (exact) mass is 288 g/mol. The van der Waals surface area contributed by atoms with Gasteiger partial charge < -0.3 is 5.73 Å². The Bertz CT molecular complexity index is 504. The summed E-state index contributed by atoms with van der Waals surface area (Å²) in [4.78, 5) is 25.5. The van der Waals surface area contributed by atoms with Crippen LogP contribution in [0, 0.1) is 11.8 Å². The van der Waals surface area contributed by atoms with E-state index in [1.807, 2.05) is 12.1 Å². The molecule has 0 bridgehead atoms. The number of imide groups is 1. The van der Waals surface area contributed by atoms with Crippen LogP contribution in [-0.4, -0.2) is 23.3 Å². The highest BCUT2D eigenvalue weighted by atomic mass is 16.2. The molecule has 1 saturated heterocycles. The maximum Gasteiger partial charge on any atom is 0.232 e. The van der Waals surface area contributed by atoms with Crippen LogP contribution in [0.1, 0.15) is 44.4 Å². The van der Waals surface area contributed by atoms with Crippen LogP contribution in [0.2, 0.25) is 0 Å². The molecule has 3 atom stereocenters. The highest BCUT2D eigenvalue weighted by Gasteiger charge is 2.42. The summed E-state index contributed by atoms with van der Waals surface area (Å²) in [5.41, 5.74) is 8.41. The zero-order valence-corrected chi connectivity index (χ0v) is 13.0. The van der Waals surface area contributed by atoms with Gasteiger partial charge in [-0.05, 0) is 17.5 Å². The number of hydrogen-bond acceptors (Lipinski definition) is 3. The molecule has 2 N–H and O–H groups in total. The number of carbonyl (C=O) groups is 2. The van der Waals surface area contributed by atoms with E-state index >= 15 is 0 Å². The number of benzene rings is 1. The summed E-state index contributed by atoms with van der Waals surface area (Å²) in [5, 5.41) is 0. The van der Waals surface area contributed by atoms with E-state index < -0.39 is 0 Å². The van der Waals surface area contributed by atoms with Crippen molar-refractivity contribution in [2.75, 3.05) is 6.54 Å². The van der Waals surface area contributed by atoms with Gasteiger partial charge >= 0.3 is 0 Å². The summed E-state index contributed by atoms with van der Waals surface area (Å²) < 4.78 is 0. The van der Waals surface area contributed by atoms with Crippen LogP contribution >= 0.6 is 0 Å². The fourth-order valence-corrected chi connectivity index (χ4v) is 2.73. The lowest BCUT2D eigenvalue weighted by molar-refractivity contribution is -0.140. The maximum atomic E-state index is 12.1. The van der Waals surface area contributed by atoms with Gasteiger partial charge in [-0.2, -0.15) is 0 Å².